The van der Waals surface area contributed by atoms with Gasteiger partial charge in [-0.3, -0.25) is 4.79 Å². The fourth-order valence-corrected chi connectivity index (χ4v) is 2.45. The van der Waals surface area contributed by atoms with E-state index in [1.54, 1.807) is 30.3 Å². The first-order valence-electron chi connectivity index (χ1n) is 6.68. The molecule has 130 valence electrons. The van der Waals surface area contributed by atoms with Crippen molar-refractivity contribution < 1.29 is 26.7 Å². The van der Waals surface area contributed by atoms with Crippen molar-refractivity contribution in [2.75, 3.05) is 5.88 Å². The van der Waals surface area contributed by atoms with Crippen LogP contribution in [0.25, 0.3) is 0 Å². The van der Waals surface area contributed by atoms with Crippen LogP contribution in [0.15, 0.2) is 36.4 Å². The zero-order valence-corrected chi connectivity index (χ0v) is 16.0. The third-order valence-corrected chi connectivity index (χ3v) is 3.79. The van der Waals surface area contributed by atoms with Crippen LogP contribution in [0.3, 0.4) is 0 Å². The van der Waals surface area contributed by atoms with Gasteiger partial charge in [0.25, 0.3) is 0 Å². The number of halogens is 5. The van der Waals surface area contributed by atoms with Gasteiger partial charge in [-0.05, 0) is 36.8 Å². The minimum Gasteiger partial charge on any atom is -1.00 e. The van der Waals surface area contributed by atoms with E-state index in [1.807, 2.05) is 0 Å². The van der Waals surface area contributed by atoms with Crippen molar-refractivity contribution in [2.45, 2.75) is 12.8 Å². The Morgan fingerprint density at radius 3 is 2.17 bits per heavy atom. The normalized spacial score (nSPS) is 10.0. The zero-order valence-electron chi connectivity index (χ0n) is 12.2. The van der Waals surface area contributed by atoms with Gasteiger partial charge in [-0.25, -0.2) is 0 Å². The van der Waals surface area contributed by atoms with E-state index in [-0.39, 0.29) is 24.6 Å². The molecule has 0 amide bonds. The van der Waals surface area contributed by atoms with E-state index in [9.17, 15) is 4.79 Å². The van der Waals surface area contributed by atoms with E-state index >= 15 is 0 Å². The van der Waals surface area contributed by atoms with Crippen molar-refractivity contribution in [3.05, 3.63) is 51.5 Å². The Hall–Kier alpha value is -0.840. The maximum absolute atomic E-state index is 11.8. The van der Waals surface area contributed by atoms with Gasteiger partial charge in [0.2, 0.25) is 0 Å². The van der Waals surface area contributed by atoms with E-state index in [1.165, 1.54) is 6.07 Å². The van der Waals surface area contributed by atoms with Crippen LogP contribution in [-0.4, -0.2) is 11.8 Å². The van der Waals surface area contributed by atoms with Crippen molar-refractivity contribution in [1.29, 1.82) is 0 Å². The van der Waals surface area contributed by atoms with Crippen LogP contribution in [0.4, 0.5) is 0 Å². The topological polar surface area (TPSA) is 35.5 Å². The van der Waals surface area contributed by atoms with Crippen molar-refractivity contribution in [3.8, 4) is 17.2 Å². The molecule has 0 fully saturated rings. The molecule has 0 saturated carbocycles. The van der Waals surface area contributed by atoms with Crippen LogP contribution >= 0.6 is 46.4 Å². The predicted molar refractivity (Wildman–Crippen MR) is 93.6 cm³/mol. The highest BCUT2D eigenvalue weighted by Crippen LogP contribution is 2.37. The fraction of sp³-hybridized carbons (Fsp3) is 0.188. The molecule has 0 aliphatic heterocycles. The number of ether oxygens (including phenoxy) is 2. The van der Waals surface area contributed by atoms with Gasteiger partial charge in [-0.1, -0.05) is 34.8 Å². The lowest BCUT2D eigenvalue weighted by Gasteiger charge is -2.12. The second-order valence-electron chi connectivity index (χ2n) is 4.53. The molecule has 0 unspecified atom stereocenters. The number of alkyl halides is 1. The largest absolute Gasteiger partial charge is 1.00 e. The molecule has 2 aromatic rings. The molecular formula is C16H12Cl5O3-. The van der Waals surface area contributed by atoms with Gasteiger partial charge in [-0.2, -0.15) is 0 Å². The van der Waals surface area contributed by atoms with Crippen LogP contribution < -0.4 is 21.9 Å². The van der Waals surface area contributed by atoms with E-state index in [0.717, 1.165) is 0 Å². The summed E-state index contributed by atoms with van der Waals surface area (Å²) in [4.78, 5) is 11.8. The number of hydrogen-bond donors (Lipinski definition) is 0. The summed E-state index contributed by atoms with van der Waals surface area (Å²) in [6, 6.07) is 9.54. The minimum atomic E-state index is -0.417. The molecule has 0 saturated heterocycles. The van der Waals surface area contributed by atoms with Crippen LogP contribution in [0.1, 0.15) is 12.8 Å². The van der Waals surface area contributed by atoms with Gasteiger partial charge in [0, 0.05) is 28.4 Å². The van der Waals surface area contributed by atoms with E-state index < -0.39 is 5.97 Å². The number of esters is 1. The summed E-state index contributed by atoms with van der Waals surface area (Å²) in [7, 11) is 0. The smallest absolute Gasteiger partial charge is 0.311 e. The molecule has 2 rings (SSSR count). The number of carbonyl (C=O) groups is 1. The van der Waals surface area contributed by atoms with Gasteiger partial charge in [-0.15, -0.1) is 11.6 Å². The maximum Gasteiger partial charge on any atom is 0.311 e. The Bertz CT molecular complexity index is 706. The van der Waals surface area contributed by atoms with E-state index in [0.29, 0.717) is 38.9 Å². The van der Waals surface area contributed by atoms with Crippen LogP contribution in [0.5, 0.6) is 17.2 Å². The molecule has 8 heteroatoms. The summed E-state index contributed by atoms with van der Waals surface area (Å²) in [6.07, 6.45) is 0.733. The molecule has 0 aliphatic rings. The SMILES string of the molecule is O=C(CCCCl)Oc1cc(Cl)ccc1Oc1ccc(Cl)cc1Cl.[Cl-]. The van der Waals surface area contributed by atoms with Crippen LogP contribution in [0.2, 0.25) is 15.1 Å². The molecule has 0 N–H and O–H groups in total. The van der Waals surface area contributed by atoms with Crippen molar-refractivity contribution in [1.82, 2.24) is 0 Å². The molecule has 0 aliphatic carbocycles. The molecular weight excluding hydrogens is 417 g/mol. The molecule has 2 aromatic carbocycles. The number of rotatable bonds is 6. The lowest BCUT2D eigenvalue weighted by atomic mass is 10.3. The van der Waals surface area contributed by atoms with Gasteiger partial charge < -0.3 is 21.9 Å². The van der Waals surface area contributed by atoms with Gasteiger partial charge in [0.15, 0.2) is 11.5 Å². The van der Waals surface area contributed by atoms with E-state index in [2.05, 4.69) is 0 Å². The summed E-state index contributed by atoms with van der Waals surface area (Å²) in [5.41, 5.74) is 0. The first-order chi connectivity index (χ1) is 11.0. The Labute approximate surface area is 166 Å². The molecule has 0 atom stereocenters. The fourth-order valence-electron chi connectivity index (χ4n) is 1.71. The molecule has 0 aromatic heterocycles. The quantitative estimate of drug-likeness (QED) is 0.401. The molecule has 0 bridgehead atoms. The Morgan fingerprint density at radius 2 is 1.54 bits per heavy atom. The van der Waals surface area contributed by atoms with Crippen LogP contribution in [0, 0.1) is 0 Å². The van der Waals surface area contributed by atoms with Crippen molar-refractivity contribution in [2.24, 2.45) is 0 Å². The molecule has 0 radical (unpaired) electrons. The number of carbonyl (C=O) groups excluding carboxylic acids is 1. The average Bonchev–Trinajstić information content (AvgIpc) is 2.50. The highest BCUT2D eigenvalue weighted by atomic mass is 35.5. The predicted octanol–water partition coefficient (Wildman–Crippen LogP) is 3.37. The first kappa shape index (κ1) is 21.2. The standard InChI is InChI=1S/C16H12Cl4O3.ClH/c17-7-1-2-16(21)23-15-9-11(19)4-6-14(15)22-13-5-3-10(18)8-12(13)20;/h3-6,8-9H,1-2,7H2;1H/p-1. The lowest BCUT2D eigenvalue weighted by Crippen LogP contribution is -3.00. The van der Waals surface area contributed by atoms with Gasteiger partial charge in [0.05, 0.1) is 5.02 Å². The van der Waals surface area contributed by atoms with E-state index in [4.69, 9.17) is 55.9 Å². The summed E-state index contributed by atoms with van der Waals surface area (Å²) in [5.74, 6) is 0.881. The molecule has 0 heterocycles. The monoisotopic (exact) mass is 427 g/mol. The molecule has 24 heavy (non-hydrogen) atoms. The van der Waals surface area contributed by atoms with Crippen molar-refractivity contribution in [3.63, 3.8) is 0 Å². The highest BCUT2D eigenvalue weighted by molar-refractivity contribution is 6.35. The third kappa shape index (κ3) is 6.23. The second kappa shape index (κ2) is 10.2. The van der Waals surface area contributed by atoms with Gasteiger partial charge >= 0.3 is 5.97 Å². The number of hydrogen-bond acceptors (Lipinski definition) is 3. The van der Waals surface area contributed by atoms with Crippen molar-refractivity contribution >= 4 is 52.4 Å². The summed E-state index contributed by atoms with van der Waals surface area (Å²) in [6.45, 7) is 0. The summed E-state index contributed by atoms with van der Waals surface area (Å²) < 4.78 is 11.0. The second-order valence-corrected chi connectivity index (χ2v) is 6.19. The molecule has 0 spiro atoms. The number of benzene rings is 2. The van der Waals surface area contributed by atoms with Crippen LogP contribution in [-0.2, 0) is 4.79 Å². The molecule has 3 nitrogen and oxygen atoms in total. The lowest BCUT2D eigenvalue weighted by molar-refractivity contribution is -0.134. The zero-order chi connectivity index (χ0) is 16.8. The third-order valence-electron chi connectivity index (χ3n) is 2.76. The first-order valence-corrected chi connectivity index (χ1v) is 8.35. The van der Waals surface area contributed by atoms with Gasteiger partial charge in [0.1, 0.15) is 5.75 Å². The Morgan fingerprint density at radius 1 is 0.917 bits per heavy atom. The summed E-state index contributed by atoms with van der Waals surface area (Å²) >= 11 is 23.4. The highest BCUT2D eigenvalue weighted by Gasteiger charge is 2.13. The Kier molecular flexibility index (Phi) is 9.03. The summed E-state index contributed by atoms with van der Waals surface area (Å²) in [5, 5.41) is 1.25. The minimum absolute atomic E-state index is 0. The maximum atomic E-state index is 11.8. The Balaban J connectivity index is 0.00000288. The average molecular weight is 430 g/mol.